The van der Waals surface area contributed by atoms with E-state index >= 15 is 0 Å². The van der Waals surface area contributed by atoms with Gasteiger partial charge in [0.05, 0.1) is 5.25 Å². The van der Waals surface area contributed by atoms with Crippen LogP contribution in [0.5, 0.6) is 0 Å². The highest BCUT2D eigenvalue weighted by atomic mass is 32.2. The van der Waals surface area contributed by atoms with Gasteiger partial charge in [-0.1, -0.05) is 12.1 Å². The van der Waals surface area contributed by atoms with E-state index in [4.69, 9.17) is 5.84 Å². The summed E-state index contributed by atoms with van der Waals surface area (Å²) in [6, 6.07) is 5.53. The summed E-state index contributed by atoms with van der Waals surface area (Å²) in [6.07, 6.45) is 1.61. The van der Waals surface area contributed by atoms with Gasteiger partial charge < -0.3 is 0 Å². The number of benzene rings is 1. The van der Waals surface area contributed by atoms with E-state index in [2.05, 4.69) is 5.43 Å². The Kier molecular flexibility index (Phi) is 4.62. The summed E-state index contributed by atoms with van der Waals surface area (Å²) in [7, 11) is -3.16. The van der Waals surface area contributed by atoms with Crippen molar-refractivity contribution in [3.8, 4) is 0 Å². The molecule has 2 atom stereocenters. The molecule has 0 radical (unpaired) electrons. The molecule has 2 unspecified atom stereocenters. The molecule has 0 amide bonds. The zero-order valence-electron chi connectivity index (χ0n) is 9.85. The molecule has 0 bridgehead atoms. The van der Waals surface area contributed by atoms with Crippen molar-refractivity contribution in [2.45, 2.75) is 24.6 Å². The molecule has 0 aliphatic carbocycles. The maximum absolute atomic E-state index is 12.7. The fourth-order valence-corrected chi connectivity index (χ4v) is 2.30. The number of hydrogen-bond donors (Lipinski definition) is 2. The standard InChI is InChI=1S/C11H17FN2O2S/c1-8(17(2,15)16)11(14-13)7-9-3-5-10(12)6-4-9/h3-6,8,11,14H,7,13H2,1-2H3. The lowest BCUT2D eigenvalue weighted by molar-refractivity contribution is 0.493. The predicted molar refractivity (Wildman–Crippen MR) is 65.5 cm³/mol. The molecular formula is C11H17FN2O2S. The summed E-state index contributed by atoms with van der Waals surface area (Å²) < 4.78 is 35.6. The van der Waals surface area contributed by atoms with Crippen molar-refractivity contribution < 1.29 is 12.8 Å². The highest BCUT2D eigenvalue weighted by Gasteiger charge is 2.25. The van der Waals surface area contributed by atoms with Gasteiger partial charge >= 0.3 is 0 Å². The van der Waals surface area contributed by atoms with Crippen LogP contribution in [-0.4, -0.2) is 26.0 Å². The Hall–Kier alpha value is -0.980. The lowest BCUT2D eigenvalue weighted by Crippen LogP contribution is -2.47. The Morgan fingerprint density at radius 1 is 1.35 bits per heavy atom. The monoisotopic (exact) mass is 260 g/mol. The van der Waals surface area contributed by atoms with Gasteiger partial charge in [-0.25, -0.2) is 12.8 Å². The van der Waals surface area contributed by atoms with Gasteiger partial charge in [0, 0.05) is 12.3 Å². The van der Waals surface area contributed by atoms with E-state index in [0.29, 0.717) is 6.42 Å². The SMILES string of the molecule is CC(C(Cc1ccc(F)cc1)NN)S(C)(=O)=O. The summed E-state index contributed by atoms with van der Waals surface area (Å²) in [4.78, 5) is 0. The molecule has 0 spiro atoms. The fraction of sp³-hybridized carbons (Fsp3) is 0.455. The van der Waals surface area contributed by atoms with E-state index < -0.39 is 21.1 Å². The van der Waals surface area contributed by atoms with Crippen molar-refractivity contribution >= 4 is 9.84 Å². The molecule has 1 aromatic carbocycles. The third kappa shape index (κ3) is 4.07. The number of hydrazine groups is 1. The van der Waals surface area contributed by atoms with E-state index in [1.54, 1.807) is 19.1 Å². The van der Waals surface area contributed by atoms with Crippen LogP contribution in [0.2, 0.25) is 0 Å². The molecule has 0 aliphatic rings. The minimum Gasteiger partial charge on any atom is -0.271 e. The van der Waals surface area contributed by atoms with Gasteiger partial charge in [-0.15, -0.1) is 0 Å². The van der Waals surface area contributed by atoms with Crippen molar-refractivity contribution in [2.75, 3.05) is 6.26 Å². The largest absolute Gasteiger partial charge is 0.271 e. The van der Waals surface area contributed by atoms with E-state index in [-0.39, 0.29) is 5.82 Å². The quantitative estimate of drug-likeness (QED) is 0.602. The van der Waals surface area contributed by atoms with Crippen LogP contribution in [0.25, 0.3) is 0 Å². The minimum absolute atomic E-state index is 0.317. The van der Waals surface area contributed by atoms with Crippen LogP contribution in [0, 0.1) is 5.82 Å². The molecule has 0 aromatic heterocycles. The summed E-state index contributed by atoms with van der Waals surface area (Å²) in [5.41, 5.74) is 3.34. The second-order valence-corrected chi connectivity index (χ2v) is 6.54. The molecule has 0 saturated carbocycles. The van der Waals surface area contributed by atoms with Crippen LogP contribution in [0.1, 0.15) is 12.5 Å². The number of hydrogen-bond acceptors (Lipinski definition) is 4. The highest BCUT2D eigenvalue weighted by molar-refractivity contribution is 7.91. The zero-order valence-corrected chi connectivity index (χ0v) is 10.7. The predicted octanol–water partition coefficient (Wildman–Crippen LogP) is 0.633. The van der Waals surface area contributed by atoms with Gasteiger partial charge in [-0.05, 0) is 31.0 Å². The minimum atomic E-state index is -3.16. The third-order valence-electron chi connectivity index (χ3n) is 2.82. The van der Waals surface area contributed by atoms with Gasteiger partial charge in [0.15, 0.2) is 9.84 Å². The van der Waals surface area contributed by atoms with Crippen molar-refractivity contribution in [3.05, 3.63) is 35.6 Å². The van der Waals surface area contributed by atoms with Crippen molar-refractivity contribution in [3.63, 3.8) is 0 Å². The van der Waals surface area contributed by atoms with Crippen LogP contribution in [0.15, 0.2) is 24.3 Å². The number of halogens is 1. The molecule has 0 saturated heterocycles. The lowest BCUT2D eigenvalue weighted by Gasteiger charge is -2.21. The molecule has 96 valence electrons. The normalized spacial score (nSPS) is 15.5. The first-order chi connectivity index (χ1) is 7.84. The first-order valence-corrected chi connectivity index (χ1v) is 7.19. The van der Waals surface area contributed by atoms with Gasteiger partial charge in [-0.3, -0.25) is 11.3 Å². The Labute approximate surface area is 101 Å². The topological polar surface area (TPSA) is 72.2 Å². The van der Waals surface area contributed by atoms with Crippen LogP contribution < -0.4 is 11.3 Å². The average Bonchev–Trinajstić information content (AvgIpc) is 2.26. The average molecular weight is 260 g/mol. The second-order valence-electron chi connectivity index (χ2n) is 4.14. The van der Waals surface area contributed by atoms with Gasteiger partial charge in [0.1, 0.15) is 5.82 Å². The van der Waals surface area contributed by atoms with Crippen LogP contribution in [0.4, 0.5) is 4.39 Å². The van der Waals surface area contributed by atoms with Crippen LogP contribution in [-0.2, 0) is 16.3 Å². The zero-order chi connectivity index (χ0) is 13.1. The first kappa shape index (κ1) is 14.1. The summed E-state index contributed by atoms with van der Waals surface area (Å²) >= 11 is 0. The lowest BCUT2D eigenvalue weighted by atomic mass is 10.0. The maximum atomic E-state index is 12.7. The van der Waals surface area contributed by atoms with Crippen LogP contribution >= 0.6 is 0 Å². The number of rotatable bonds is 5. The molecule has 1 aromatic rings. The molecule has 17 heavy (non-hydrogen) atoms. The third-order valence-corrected chi connectivity index (χ3v) is 4.50. The van der Waals surface area contributed by atoms with Crippen molar-refractivity contribution in [1.29, 1.82) is 0 Å². The smallest absolute Gasteiger partial charge is 0.151 e. The Bertz CT molecular complexity index is 459. The molecule has 1 rings (SSSR count). The van der Waals surface area contributed by atoms with Crippen molar-refractivity contribution in [2.24, 2.45) is 5.84 Å². The molecule has 4 nitrogen and oxygen atoms in total. The number of nitrogens with two attached hydrogens (primary N) is 1. The molecule has 3 N–H and O–H groups in total. The Balaban J connectivity index is 2.80. The Morgan fingerprint density at radius 3 is 2.29 bits per heavy atom. The van der Waals surface area contributed by atoms with E-state index in [9.17, 15) is 12.8 Å². The summed E-state index contributed by atoms with van der Waals surface area (Å²) in [6.45, 7) is 1.60. The molecule has 0 aliphatic heterocycles. The van der Waals surface area contributed by atoms with Gasteiger partial charge in [-0.2, -0.15) is 0 Å². The van der Waals surface area contributed by atoms with Crippen molar-refractivity contribution in [1.82, 2.24) is 5.43 Å². The van der Waals surface area contributed by atoms with E-state index in [1.807, 2.05) is 0 Å². The first-order valence-electron chi connectivity index (χ1n) is 5.24. The fourth-order valence-electron chi connectivity index (χ4n) is 1.53. The summed E-state index contributed by atoms with van der Waals surface area (Å²) in [5.74, 6) is 5.04. The van der Waals surface area contributed by atoms with Gasteiger partial charge in [0.25, 0.3) is 0 Å². The Morgan fingerprint density at radius 2 is 1.88 bits per heavy atom. The van der Waals surface area contributed by atoms with Crippen LogP contribution in [0.3, 0.4) is 0 Å². The molecule has 0 fully saturated rings. The highest BCUT2D eigenvalue weighted by Crippen LogP contribution is 2.11. The summed E-state index contributed by atoms with van der Waals surface area (Å²) in [5, 5.41) is -0.599. The number of nitrogens with one attached hydrogen (secondary N) is 1. The van der Waals surface area contributed by atoms with E-state index in [0.717, 1.165) is 5.56 Å². The van der Waals surface area contributed by atoms with E-state index in [1.165, 1.54) is 18.4 Å². The molecular weight excluding hydrogens is 243 g/mol. The van der Waals surface area contributed by atoms with Gasteiger partial charge in [0.2, 0.25) is 0 Å². The maximum Gasteiger partial charge on any atom is 0.151 e. The molecule has 6 heteroatoms. The number of sulfone groups is 1. The second kappa shape index (κ2) is 5.57. The molecule has 0 heterocycles.